The lowest BCUT2D eigenvalue weighted by Gasteiger charge is -2.33. The molecule has 9 unspecified atom stereocenters. The van der Waals surface area contributed by atoms with Crippen LogP contribution >= 0.6 is 0 Å². The molecule has 3 aliphatic heterocycles. The molecule has 262 valence electrons. The summed E-state index contributed by atoms with van der Waals surface area (Å²) in [6.45, 7) is 18.2. The van der Waals surface area contributed by atoms with Crippen molar-refractivity contribution in [2.45, 2.75) is 96.4 Å². The highest BCUT2D eigenvalue weighted by atomic mass is 28.5. The Balaban J connectivity index is 1.24. The van der Waals surface area contributed by atoms with Gasteiger partial charge in [-0.05, 0) is 65.6 Å². The fraction of sp³-hybridized carbons (Fsp3) is 1.00. The Morgan fingerprint density at radius 2 is 0.915 bits per heavy atom. The Kier molecular flexibility index (Phi) is 23.2. The third kappa shape index (κ3) is 18.9. The maximum absolute atomic E-state index is 6.21. The summed E-state index contributed by atoms with van der Waals surface area (Å²) in [5, 5.41) is 0. The van der Waals surface area contributed by atoms with E-state index in [2.05, 4.69) is 13.1 Å². The summed E-state index contributed by atoms with van der Waals surface area (Å²) in [6.07, 6.45) is -0.123. The summed E-state index contributed by atoms with van der Waals surface area (Å²) in [5.41, 5.74) is -0.00906. The number of rotatable bonds is 16. The zero-order valence-corrected chi connectivity index (χ0v) is 43.3. The molecule has 0 aliphatic carbocycles. The monoisotopic (exact) mass is 912 g/mol. The summed E-state index contributed by atoms with van der Waals surface area (Å²) in [5.74, 6) is 0. The van der Waals surface area contributed by atoms with Crippen LogP contribution in [0.3, 0.4) is 0 Å². The van der Waals surface area contributed by atoms with Crippen LogP contribution in [-0.2, 0) is 70.9 Å². The van der Waals surface area contributed by atoms with E-state index < -0.39 is 83.8 Å². The molecule has 0 N–H and O–H groups in total. The van der Waals surface area contributed by atoms with Crippen molar-refractivity contribution in [1.82, 2.24) is 0 Å². The SMILES string of the molecule is CC1C[SiH](C)O[SiH](C)O[Si](O[Si]O[Si]O[Si]O[Si]2OC(C)C(C)[Si](O[Si]O[Si]O[Si]O[Si]3OC(C)C[SiH](C)O[SiH](C)O3)O[SiH](C)O2)O1. The smallest absolute Gasteiger partial charge is 0.441 e. The Morgan fingerprint density at radius 3 is 1.38 bits per heavy atom. The Bertz CT molecular complexity index is 814. The second-order valence-electron chi connectivity index (χ2n) is 10.4. The molecule has 47 heavy (non-hydrogen) atoms. The van der Waals surface area contributed by atoms with Crippen LogP contribution in [0.4, 0.5) is 0 Å². The van der Waals surface area contributed by atoms with Crippen LogP contribution < -0.4 is 0 Å². The average Bonchev–Trinajstić information content (AvgIpc) is 2.96. The molecule has 0 saturated carbocycles. The quantitative estimate of drug-likeness (QED) is 0.121. The van der Waals surface area contributed by atoms with Crippen molar-refractivity contribution in [3.05, 3.63) is 0 Å². The van der Waals surface area contributed by atoms with Crippen LogP contribution in [0.1, 0.15) is 27.7 Å². The minimum atomic E-state index is -2.11. The van der Waals surface area contributed by atoms with Gasteiger partial charge in [-0.25, -0.2) is 0 Å². The lowest BCUT2D eigenvalue weighted by molar-refractivity contribution is 0.112. The van der Waals surface area contributed by atoms with E-state index in [-0.39, 0.29) is 83.9 Å². The van der Waals surface area contributed by atoms with Crippen LogP contribution in [-0.4, -0.2) is 162 Å². The van der Waals surface area contributed by atoms with Gasteiger partial charge in [-0.15, -0.1) is 0 Å². The number of hydrogen-bond donors (Lipinski definition) is 0. The molecule has 3 aliphatic rings. The summed E-state index contributed by atoms with van der Waals surface area (Å²) < 4.78 is 99.1. The average molecular weight is 914 g/mol. The summed E-state index contributed by atoms with van der Waals surface area (Å²) in [4.78, 5) is 0. The van der Waals surface area contributed by atoms with Crippen molar-refractivity contribution >= 4 is 144 Å². The molecule has 0 aromatic carbocycles. The molecule has 3 saturated heterocycles. The van der Waals surface area contributed by atoms with E-state index in [0.717, 1.165) is 12.1 Å². The summed E-state index contributed by atoms with van der Waals surface area (Å²) in [6, 6.07) is 1.88. The van der Waals surface area contributed by atoms with Crippen LogP contribution in [0.15, 0.2) is 0 Å². The van der Waals surface area contributed by atoms with Crippen molar-refractivity contribution in [2.75, 3.05) is 0 Å². The van der Waals surface area contributed by atoms with Crippen molar-refractivity contribution in [2.24, 2.45) is 0 Å². The third-order valence-corrected chi connectivity index (χ3v) is 33.8. The molecule has 3 fully saturated rings. The standard InChI is InChI=1S/C15H40O17Si15/c1-12-10-39(5)27-41(7)30-45(16-12)24-36-20-33-19-35-23-44-15(4)14(3)18-47(32-43(9)29-44)26-38-22-34-21-37-25-46-17-13(2)11-40(6)28-42(8)31-46/h12-15,39-43H,10-11H2,1-9H3. The van der Waals surface area contributed by atoms with E-state index in [1.807, 2.05) is 47.3 Å². The van der Waals surface area contributed by atoms with Gasteiger partial charge in [0.1, 0.15) is 0 Å². The second kappa shape index (κ2) is 24.8. The van der Waals surface area contributed by atoms with E-state index in [1.165, 1.54) is 0 Å². The minimum absolute atomic E-state index is 0.00906. The molecular formula is C15H40O17Si15. The van der Waals surface area contributed by atoms with Gasteiger partial charge in [0.15, 0.2) is 18.1 Å². The largest absolute Gasteiger partial charge is 0.558 e. The fourth-order valence-corrected chi connectivity index (χ4v) is 31.4. The fourth-order valence-electron chi connectivity index (χ4n) is 4.01. The zero-order valence-electron chi connectivity index (χ0n) is 27.6. The van der Waals surface area contributed by atoms with Gasteiger partial charge >= 0.3 is 107 Å². The van der Waals surface area contributed by atoms with Crippen LogP contribution in [0, 0.1) is 0 Å². The maximum Gasteiger partial charge on any atom is 0.558 e. The lowest BCUT2D eigenvalue weighted by atomic mass is 10.3. The van der Waals surface area contributed by atoms with E-state index in [0.29, 0.717) is 0 Å². The first kappa shape index (κ1) is 44.0. The normalized spacial score (nSPS) is 35.0. The minimum Gasteiger partial charge on any atom is -0.441 e. The van der Waals surface area contributed by atoms with Gasteiger partial charge in [-0.3, -0.25) is 0 Å². The van der Waals surface area contributed by atoms with Gasteiger partial charge in [0.25, 0.3) is 18.6 Å². The van der Waals surface area contributed by atoms with Crippen molar-refractivity contribution in [3.63, 3.8) is 0 Å². The summed E-state index contributed by atoms with van der Waals surface area (Å²) in [7, 11) is -17.3. The topological polar surface area (TPSA) is 157 Å². The Hall–Kier alpha value is 2.57. The van der Waals surface area contributed by atoms with E-state index >= 15 is 0 Å². The third-order valence-electron chi connectivity index (χ3n) is 6.05. The highest BCUT2D eigenvalue weighted by Crippen LogP contribution is 2.24. The van der Waals surface area contributed by atoms with E-state index in [9.17, 15) is 0 Å². The molecule has 0 aromatic heterocycles. The highest BCUT2D eigenvalue weighted by molar-refractivity contribution is 6.69. The molecular weight excluding hydrogens is 873 g/mol. The van der Waals surface area contributed by atoms with Crippen molar-refractivity contribution in [1.29, 1.82) is 0 Å². The molecule has 16 radical (unpaired) electrons. The van der Waals surface area contributed by atoms with Crippen LogP contribution in [0.5, 0.6) is 0 Å². The molecule has 0 spiro atoms. The molecule has 32 heteroatoms. The first-order valence-electron chi connectivity index (χ1n) is 14.7. The van der Waals surface area contributed by atoms with Gasteiger partial charge in [-0.1, -0.05) is 6.92 Å². The first-order valence-corrected chi connectivity index (χ1v) is 35.9. The first-order chi connectivity index (χ1) is 22.5. The molecule has 0 amide bonds. The Labute approximate surface area is 309 Å². The van der Waals surface area contributed by atoms with E-state index in [4.69, 9.17) is 70.9 Å². The van der Waals surface area contributed by atoms with Crippen LogP contribution in [0.2, 0.25) is 50.4 Å². The van der Waals surface area contributed by atoms with Gasteiger partial charge in [0, 0.05) is 17.7 Å². The zero-order chi connectivity index (χ0) is 34.2. The molecule has 3 heterocycles. The van der Waals surface area contributed by atoms with Crippen molar-refractivity contribution in [3.8, 4) is 0 Å². The number of hydrogen-bond acceptors (Lipinski definition) is 17. The molecule has 9 atom stereocenters. The van der Waals surface area contributed by atoms with Gasteiger partial charge in [-0.2, -0.15) is 0 Å². The molecule has 0 aromatic rings. The molecule has 0 bridgehead atoms. The second-order valence-corrected chi connectivity index (χ2v) is 35.2. The Morgan fingerprint density at radius 1 is 0.511 bits per heavy atom. The van der Waals surface area contributed by atoms with Gasteiger partial charge in [0.2, 0.25) is 0 Å². The van der Waals surface area contributed by atoms with Crippen molar-refractivity contribution < 1.29 is 70.9 Å². The molecule has 17 nitrogen and oxygen atoms in total. The summed E-state index contributed by atoms with van der Waals surface area (Å²) >= 11 is 0. The van der Waals surface area contributed by atoms with E-state index in [1.54, 1.807) is 0 Å². The highest BCUT2D eigenvalue weighted by Gasteiger charge is 2.40. The molecule has 3 rings (SSSR count). The van der Waals surface area contributed by atoms with Crippen LogP contribution in [0.25, 0.3) is 0 Å². The predicted octanol–water partition coefficient (Wildman–Crippen LogP) is -2.23. The predicted molar refractivity (Wildman–Crippen MR) is 188 cm³/mol. The maximum atomic E-state index is 6.21. The van der Waals surface area contributed by atoms with Gasteiger partial charge in [0.05, 0.1) is 6.10 Å². The van der Waals surface area contributed by atoms with Gasteiger partial charge < -0.3 is 70.9 Å². The lowest BCUT2D eigenvalue weighted by Crippen LogP contribution is -2.49.